The van der Waals surface area contributed by atoms with E-state index in [0.29, 0.717) is 11.0 Å². The second-order valence-electron chi connectivity index (χ2n) is 13.4. The molecule has 0 spiro atoms. The lowest BCUT2D eigenvalue weighted by Crippen LogP contribution is -2.37. The highest BCUT2D eigenvalue weighted by Gasteiger charge is 2.29. The molecule has 0 aromatic rings. The first-order valence-corrected chi connectivity index (χ1v) is 18.7. The summed E-state index contributed by atoms with van der Waals surface area (Å²) in [5.74, 6) is 0.148. The molecule has 0 amide bonds. The maximum atomic E-state index is 12.1. The Labute approximate surface area is 249 Å². The molecule has 40 heavy (non-hydrogen) atoms. The molecule has 0 heterocycles. The second kappa shape index (κ2) is 24.5. The highest BCUT2D eigenvalue weighted by Crippen LogP contribution is 2.40. The molecule has 7 heteroatoms. The van der Waals surface area contributed by atoms with Gasteiger partial charge in [-0.25, -0.2) is 0 Å². The van der Waals surface area contributed by atoms with Crippen molar-refractivity contribution in [3.63, 3.8) is 0 Å². The van der Waals surface area contributed by atoms with Gasteiger partial charge in [-0.05, 0) is 19.3 Å². The normalized spacial score (nSPS) is 19.3. The molecule has 1 unspecified atom stereocenters. The Morgan fingerprint density at radius 1 is 0.650 bits per heavy atom. The van der Waals surface area contributed by atoms with Crippen molar-refractivity contribution in [1.82, 2.24) is 0 Å². The molecule has 0 bridgehead atoms. The zero-order chi connectivity index (χ0) is 29.4. The van der Waals surface area contributed by atoms with Gasteiger partial charge in [-0.3, -0.25) is 4.57 Å². The summed E-state index contributed by atoms with van der Waals surface area (Å²) in [6.07, 6.45) is 30.9. The summed E-state index contributed by atoms with van der Waals surface area (Å²) in [7, 11) is 1.76. The molecule has 0 aromatic heterocycles. The van der Waals surface area contributed by atoms with Crippen LogP contribution < -0.4 is 4.89 Å². The van der Waals surface area contributed by atoms with E-state index in [1.165, 1.54) is 122 Å². The molecule has 0 N–H and O–H groups in total. The van der Waals surface area contributed by atoms with E-state index in [2.05, 4.69) is 6.92 Å². The van der Waals surface area contributed by atoms with E-state index in [0.717, 1.165) is 32.3 Å². The molecule has 1 saturated carbocycles. The van der Waals surface area contributed by atoms with Gasteiger partial charge in [-0.15, -0.1) is 0 Å². The maximum Gasteiger partial charge on any atom is 0.268 e. The zero-order valence-corrected chi connectivity index (χ0v) is 28.1. The average molecular weight is 590 g/mol. The number of phosphoric ester groups is 1. The lowest BCUT2D eigenvalue weighted by molar-refractivity contribution is -0.870. The summed E-state index contributed by atoms with van der Waals surface area (Å²) in [5.41, 5.74) is 0. The third-order valence-electron chi connectivity index (χ3n) is 8.38. The highest BCUT2D eigenvalue weighted by atomic mass is 31.2. The molecule has 1 rings (SSSR count). The number of hydrogen-bond acceptors (Lipinski definition) is 5. The maximum absolute atomic E-state index is 12.1. The number of ether oxygens (including phenoxy) is 1. The lowest BCUT2D eigenvalue weighted by atomic mass is 10.0. The Morgan fingerprint density at radius 3 is 1.55 bits per heavy atom. The van der Waals surface area contributed by atoms with Crippen LogP contribution in [-0.2, 0) is 18.3 Å². The summed E-state index contributed by atoms with van der Waals surface area (Å²) in [5, 5.41) is 0. The zero-order valence-electron chi connectivity index (χ0n) is 27.2. The first kappa shape index (κ1) is 38.1. The van der Waals surface area contributed by atoms with Crippen LogP contribution in [0.3, 0.4) is 0 Å². The summed E-state index contributed by atoms with van der Waals surface area (Å²) in [6.45, 7) is 4.00. The summed E-state index contributed by atoms with van der Waals surface area (Å²) in [4.78, 5) is 12.1. The summed E-state index contributed by atoms with van der Waals surface area (Å²) >= 11 is 0. The standard InChI is InChI=1S/C33H68NO5P/c1-5-6-7-8-9-10-11-12-13-14-15-16-17-18-19-20-21-22-23-24-29-37-33-27-25-26-32(33)31-39-40(35,36)38-30-28-34(2,3)4/h32-33H,5-31H2,1-4H3/t32-,33-/m0/s1. The van der Waals surface area contributed by atoms with Crippen molar-refractivity contribution < 1.29 is 27.7 Å². The first-order valence-electron chi connectivity index (χ1n) is 17.3. The molecule has 0 aromatic carbocycles. The minimum Gasteiger partial charge on any atom is -0.756 e. The van der Waals surface area contributed by atoms with Crippen molar-refractivity contribution in [1.29, 1.82) is 0 Å². The summed E-state index contributed by atoms with van der Waals surface area (Å²) < 4.78 is 29.1. The molecule has 1 aliphatic carbocycles. The van der Waals surface area contributed by atoms with Gasteiger partial charge in [0.2, 0.25) is 0 Å². The molecule has 0 aliphatic heterocycles. The van der Waals surface area contributed by atoms with E-state index < -0.39 is 7.82 Å². The van der Waals surface area contributed by atoms with Crippen molar-refractivity contribution in [3.05, 3.63) is 0 Å². The third kappa shape index (κ3) is 23.6. The van der Waals surface area contributed by atoms with Crippen molar-refractivity contribution in [2.24, 2.45) is 5.92 Å². The van der Waals surface area contributed by atoms with Gasteiger partial charge in [0.1, 0.15) is 13.2 Å². The van der Waals surface area contributed by atoms with Crippen LogP contribution in [0.25, 0.3) is 0 Å². The van der Waals surface area contributed by atoms with Crippen molar-refractivity contribution in [2.45, 2.75) is 161 Å². The summed E-state index contributed by atoms with van der Waals surface area (Å²) in [6, 6.07) is 0. The van der Waals surface area contributed by atoms with Gasteiger partial charge in [-0.2, -0.15) is 0 Å². The van der Waals surface area contributed by atoms with Crippen LogP contribution in [0, 0.1) is 5.92 Å². The van der Waals surface area contributed by atoms with Gasteiger partial charge < -0.3 is 23.2 Å². The number of hydrogen-bond donors (Lipinski definition) is 0. The van der Waals surface area contributed by atoms with Crippen molar-refractivity contribution in [2.75, 3.05) is 47.5 Å². The number of rotatable bonds is 29. The van der Waals surface area contributed by atoms with Crippen molar-refractivity contribution >= 4 is 7.82 Å². The number of likely N-dealkylation sites (N-methyl/N-ethyl adjacent to an activating group) is 1. The average Bonchev–Trinajstić information content (AvgIpc) is 3.35. The topological polar surface area (TPSA) is 67.8 Å². The number of unbranched alkanes of at least 4 members (excludes halogenated alkanes) is 19. The van der Waals surface area contributed by atoms with E-state index in [1.54, 1.807) is 0 Å². The fourth-order valence-corrected chi connectivity index (χ4v) is 6.41. The predicted molar refractivity (Wildman–Crippen MR) is 168 cm³/mol. The fraction of sp³-hybridized carbons (Fsp3) is 1.00. The van der Waals surface area contributed by atoms with Gasteiger partial charge >= 0.3 is 0 Å². The Kier molecular flexibility index (Phi) is 23.3. The number of quaternary nitrogens is 1. The predicted octanol–water partition coefficient (Wildman–Crippen LogP) is 9.20. The molecule has 1 aliphatic rings. The number of nitrogens with zero attached hydrogens (tertiary/aromatic N) is 1. The fourth-order valence-electron chi connectivity index (χ4n) is 5.66. The van der Waals surface area contributed by atoms with Gasteiger partial charge in [0.25, 0.3) is 7.82 Å². The second-order valence-corrected chi connectivity index (χ2v) is 14.8. The van der Waals surface area contributed by atoms with E-state index in [1.807, 2.05) is 21.1 Å². The Morgan fingerprint density at radius 2 is 1.10 bits per heavy atom. The van der Waals surface area contributed by atoms with E-state index in [4.69, 9.17) is 13.8 Å². The van der Waals surface area contributed by atoms with Crippen LogP contribution in [0.5, 0.6) is 0 Å². The minimum absolute atomic E-state index is 0.117. The van der Waals surface area contributed by atoms with Crippen LogP contribution in [-0.4, -0.2) is 58.1 Å². The first-order chi connectivity index (χ1) is 19.2. The van der Waals surface area contributed by atoms with Gasteiger partial charge in [-0.1, -0.05) is 135 Å². The number of phosphoric acid groups is 1. The van der Waals surface area contributed by atoms with Crippen LogP contribution in [0.15, 0.2) is 0 Å². The quantitative estimate of drug-likeness (QED) is 0.0494. The smallest absolute Gasteiger partial charge is 0.268 e. The molecular weight excluding hydrogens is 521 g/mol. The lowest BCUT2D eigenvalue weighted by Gasteiger charge is -2.28. The SMILES string of the molecule is CCCCCCCCCCCCCCCCCCCCCCO[C@H]1CCC[C@H]1COP(=O)([O-])OCC[N+](C)(C)C. The van der Waals surface area contributed by atoms with Crippen LogP contribution in [0.1, 0.15) is 155 Å². The Balaban J connectivity index is 1.87. The van der Waals surface area contributed by atoms with Crippen LogP contribution >= 0.6 is 7.82 Å². The third-order valence-corrected chi connectivity index (χ3v) is 9.34. The van der Waals surface area contributed by atoms with Gasteiger partial charge in [0, 0.05) is 12.5 Å². The van der Waals surface area contributed by atoms with Gasteiger partial charge in [0.05, 0.1) is 33.9 Å². The highest BCUT2D eigenvalue weighted by molar-refractivity contribution is 7.45. The Bertz CT molecular complexity index is 612. The molecular formula is C33H68NO5P. The van der Waals surface area contributed by atoms with E-state index in [-0.39, 0.29) is 25.2 Å². The molecule has 1 fully saturated rings. The Hall–Kier alpha value is 0.0300. The van der Waals surface area contributed by atoms with Gasteiger partial charge in [0.15, 0.2) is 0 Å². The molecule has 3 atom stereocenters. The molecule has 240 valence electrons. The van der Waals surface area contributed by atoms with Crippen LogP contribution in [0.4, 0.5) is 0 Å². The van der Waals surface area contributed by atoms with E-state index in [9.17, 15) is 9.46 Å². The molecule has 0 radical (unpaired) electrons. The van der Waals surface area contributed by atoms with E-state index >= 15 is 0 Å². The molecule has 6 nitrogen and oxygen atoms in total. The largest absolute Gasteiger partial charge is 0.756 e. The van der Waals surface area contributed by atoms with Crippen molar-refractivity contribution in [3.8, 4) is 0 Å². The van der Waals surface area contributed by atoms with Crippen LogP contribution in [0.2, 0.25) is 0 Å². The monoisotopic (exact) mass is 589 g/mol. The minimum atomic E-state index is -4.24. The molecule has 0 saturated heterocycles.